The number of rotatable bonds is 9. The van der Waals surface area contributed by atoms with Crippen molar-refractivity contribution in [1.82, 2.24) is 0 Å². The molecule has 0 aromatic heterocycles. The third-order valence-electron chi connectivity index (χ3n) is 1.26. The molecule has 0 heterocycles. The maximum absolute atomic E-state index is 10.1. The van der Waals surface area contributed by atoms with Crippen LogP contribution in [0.4, 0.5) is 0 Å². The maximum Gasteiger partial charge on any atom is 0.399 e. The fourth-order valence-corrected chi connectivity index (χ4v) is 1.60. The van der Waals surface area contributed by atoms with Gasteiger partial charge in [-0.3, -0.25) is 9.11 Å². The molecule has 0 aliphatic heterocycles. The Morgan fingerprint density at radius 1 is 1.00 bits per heavy atom. The van der Waals surface area contributed by atoms with E-state index in [0.29, 0.717) is 13.2 Å². The molecule has 11 heteroatoms. The van der Waals surface area contributed by atoms with Gasteiger partial charge in [-0.1, -0.05) is 19.1 Å². The van der Waals surface area contributed by atoms with Gasteiger partial charge in [-0.05, 0) is 6.42 Å². The molecule has 0 atom stereocenters. The van der Waals surface area contributed by atoms with Crippen LogP contribution in [0.1, 0.15) is 13.3 Å². The normalized spacial score (nSPS) is 11.6. The van der Waals surface area contributed by atoms with Gasteiger partial charge in [0.1, 0.15) is 0 Å². The third kappa shape index (κ3) is 19.5. The first-order valence-corrected chi connectivity index (χ1v) is 7.89. The summed E-state index contributed by atoms with van der Waals surface area (Å²) < 4.78 is 68.8. The summed E-state index contributed by atoms with van der Waals surface area (Å²) in [5.74, 6) is 0. The van der Waals surface area contributed by atoms with Gasteiger partial charge in [0.2, 0.25) is 0 Å². The summed E-state index contributed by atoms with van der Waals surface area (Å²) in [6, 6.07) is 0. The molecule has 120 valence electrons. The maximum atomic E-state index is 10.1. The number of ether oxygens (including phenoxy) is 1. The fourth-order valence-electron chi connectivity index (χ4n) is 0.658. The average Bonchev–Trinajstić information content (AvgIpc) is 2.26. The highest BCUT2D eigenvalue weighted by atomic mass is 32.3. The smallest absolute Gasteiger partial charge is 0.373 e. The standard InChI is InChI=1S/C6H10O.C3H8O8S2/c1-3-5-7-6-4-2;1-2-3(10-12(4,5)6)11-13(7,8)9/h3-4H,1-2,5-6H2;3H,2H2,1H3,(H,4,5,6)(H,7,8,9). The largest absolute Gasteiger partial charge is 0.399 e. The Bertz CT molecular complexity index is 424. The molecule has 0 aliphatic rings. The van der Waals surface area contributed by atoms with E-state index in [1.54, 1.807) is 12.2 Å². The Morgan fingerprint density at radius 3 is 1.55 bits per heavy atom. The van der Waals surface area contributed by atoms with Crippen molar-refractivity contribution in [3.8, 4) is 0 Å². The van der Waals surface area contributed by atoms with Crippen molar-refractivity contribution in [1.29, 1.82) is 0 Å². The zero-order valence-electron chi connectivity index (χ0n) is 10.8. The van der Waals surface area contributed by atoms with Crippen LogP contribution in [0.5, 0.6) is 0 Å². The van der Waals surface area contributed by atoms with Gasteiger partial charge >= 0.3 is 20.8 Å². The Labute approximate surface area is 118 Å². The second kappa shape index (κ2) is 10.9. The molecular weight excluding hydrogens is 316 g/mol. The molecule has 0 unspecified atom stereocenters. The number of hydrogen-bond acceptors (Lipinski definition) is 7. The van der Waals surface area contributed by atoms with Crippen LogP contribution in [0.25, 0.3) is 0 Å². The first kappa shape index (κ1) is 21.5. The van der Waals surface area contributed by atoms with E-state index < -0.39 is 27.1 Å². The molecule has 0 saturated carbocycles. The van der Waals surface area contributed by atoms with Crippen LogP contribution in [0.15, 0.2) is 25.3 Å². The van der Waals surface area contributed by atoms with Crippen LogP contribution in [-0.2, 0) is 33.9 Å². The first-order chi connectivity index (χ1) is 9.05. The molecule has 0 aliphatic carbocycles. The van der Waals surface area contributed by atoms with Crippen molar-refractivity contribution in [3.63, 3.8) is 0 Å². The van der Waals surface area contributed by atoms with Crippen molar-refractivity contribution in [2.45, 2.75) is 19.6 Å². The third-order valence-corrected chi connectivity index (χ3v) is 2.18. The molecule has 2 N–H and O–H groups in total. The van der Waals surface area contributed by atoms with Crippen LogP contribution in [0.2, 0.25) is 0 Å². The molecule has 0 spiro atoms. The molecule has 0 radical (unpaired) electrons. The van der Waals surface area contributed by atoms with Gasteiger partial charge in [0.25, 0.3) is 0 Å². The molecule has 0 aromatic rings. The predicted octanol–water partition coefficient (Wildman–Crippen LogP) is 0.736. The van der Waals surface area contributed by atoms with Gasteiger partial charge in [0.05, 0.1) is 13.2 Å². The molecule has 20 heavy (non-hydrogen) atoms. The monoisotopic (exact) mass is 334 g/mol. The van der Waals surface area contributed by atoms with E-state index in [2.05, 4.69) is 21.5 Å². The van der Waals surface area contributed by atoms with Crippen LogP contribution in [0.3, 0.4) is 0 Å². The Kier molecular flexibility index (Phi) is 11.7. The molecular formula is C9H18O9S2. The van der Waals surface area contributed by atoms with Crippen LogP contribution < -0.4 is 0 Å². The second-order valence-corrected chi connectivity index (χ2v) is 5.10. The summed E-state index contributed by atoms with van der Waals surface area (Å²) in [5, 5.41) is 0. The molecule has 0 bridgehead atoms. The van der Waals surface area contributed by atoms with Crippen LogP contribution in [-0.4, -0.2) is 45.4 Å². The highest BCUT2D eigenvalue weighted by Crippen LogP contribution is 2.06. The van der Waals surface area contributed by atoms with Crippen molar-refractivity contribution < 1.29 is 39.0 Å². The lowest BCUT2D eigenvalue weighted by Crippen LogP contribution is -2.23. The molecule has 0 fully saturated rings. The molecule has 0 amide bonds. The summed E-state index contributed by atoms with van der Waals surface area (Å²) in [4.78, 5) is 0. The zero-order valence-corrected chi connectivity index (χ0v) is 12.5. The summed E-state index contributed by atoms with van der Waals surface area (Å²) in [6.45, 7) is 9.50. The van der Waals surface area contributed by atoms with E-state index in [1.807, 2.05) is 0 Å². The van der Waals surface area contributed by atoms with Crippen molar-refractivity contribution in [3.05, 3.63) is 25.3 Å². The topological polar surface area (TPSA) is 136 Å². The minimum absolute atomic E-state index is 0.195. The van der Waals surface area contributed by atoms with Gasteiger partial charge in [-0.15, -0.1) is 13.2 Å². The highest BCUT2D eigenvalue weighted by molar-refractivity contribution is 7.81. The van der Waals surface area contributed by atoms with E-state index in [4.69, 9.17) is 13.8 Å². The Morgan fingerprint density at radius 2 is 1.35 bits per heavy atom. The summed E-state index contributed by atoms with van der Waals surface area (Å²) in [7, 11) is -9.62. The van der Waals surface area contributed by atoms with Crippen LogP contribution in [0, 0.1) is 0 Å². The van der Waals surface area contributed by atoms with Crippen molar-refractivity contribution in [2.24, 2.45) is 0 Å². The van der Waals surface area contributed by atoms with Gasteiger partial charge in [0, 0.05) is 0 Å². The van der Waals surface area contributed by atoms with Gasteiger partial charge in [-0.2, -0.15) is 16.8 Å². The van der Waals surface area contributed by atoms with Crippen molar-refractivity contribution in [2.75, 3.05) is 13.2 Å². The Balaban J connectivity index is 0. The Hall–Kier alpha value is -0.820. The fraction of sp³-hybridized carbons (Fsp3) is 0.556. The minimum Gasteiger partial charge on any atom is -0.373 e. The highest BCUT2D eigenvalue weighted by Gasteiger charge is 2.21. The van der Waals surface area contributed by atoms with E-state index in [1.165, 1.54) is 6.92 Å². The second-order valence-electron chi connectivity index (χ2n) is 3.00. The minimum atomic E-state index is -4.81. The number of hydrogen-bond donors (Lipinski definition) is 2. The summed E-state index contributed by atoms with van der Waals surface area (Å²) >= 11 is 0. The van der Waals surface area contributed by atoms with Crippen molar-refractivity contribution >= 4 is 20.8 Å². The lowest BCUT2D eigenvalue weighted by Gasteiger charge is -2.10. The summed E-state index contributed by atoms with van der Waals surface area (Å²) in [5.41, 5.74) is 0. The van der Waals surface area contributed by atoms with E-state index in [-0.39, 0.29) is 6.42 Å². The molecule has 0 rings (SSSR count). The van der Waals surface area contributed by atoms with Crippen LogP contribution >= 0.6 is 0 Å². The first-order valence-electron chi connectivity index (χ1n) is 5.16. The molecule has 9 nitrogen and oxygen atoms in total. The van der Waals surface area contributed by atoms with Gasteiger partial charge in [0.15, 0.2) is 6.29 Å². The zero-order chi connectivity index (χ0) is 16.2. The predicted molar refractivity (Wildman–Crippen MR) is 70.6 cm³/mol. The quantitative estimate of drug-likeness (QED) is 0.270. The average molecular weight is 334 g/mol. The lowest BCUT2D eigenvalue weighted by molar-refractivity contribution is -0.00218. The van der Waals surface area contributed by atoms with E-state index >= 15 is 0 Å². The molecule has 0 aromatic carbocycles. The lowest BCUT2D eigenvalue weighted by atomic mass is 10.5. The van der Waals surface area contributed by atoms with E-state index in [0.717, 1.165) is 0 Å². The van der Waals surface area contributed by atoms with E-state index in [9.17, 15) is 16.8 Å². The van der Waals surface area contributed by atoms with Gasteiger partial charge in [-0.25, -0.2) is 8.37 Å². The SMILES string of the molecule is C=CCOCC=C.CCC(OS(=O)(=O)O)OS(=O)(=O)O. The summed E-state index contributed by atoms with van der Waals surface area (Å²) in [6.07, 6.45) is 1.46. The van der Waals surface area contributed by atoms with Gasteiger partial charge < -0.3 is 4.74 Å². The molecule has 0 saturated heterocycles.